The zero-order chi connectivity index (χ0) is 18.4. The van der Waals surface area contributed by atoms with Gasteiger partial charge in [-0.2, -0.15) is 4.98 Å². The molecule has 0 fully saturated rings. The first-order chi connectivity index (χ1) is 12.7. The number of carbonyl (C=O) groups is 1. The zero-order valence-corrected chi connectivity index (χ0v) is 14.7. The van der Waals surface area contributed by atoms with E-state index in [1.165, 1.54) is 0 Å². The van der Waals surface area contributed by atoms with Gasteiger partial charge in [-0.3, -0.25) is 15.2 Å². The van der Waals surface area contributed by atoms with Crippen LogP contribution in [0.25, 0.3) is 11.4 Å². The fraction of sp³-hybridized carbons (Fsp3) is 0.211. The van der Waals surface area contributed by atoms with E-state index in [9.17, 15) is 4.79 Å². The Hall–Kier alpha value is -3.35. The summed E-state index contributed by atoms with van der Waals surface area (Å²) >= 11 is 0. The van der Waals surface area contributed by atoms with Crippen LogP contribution in [0.2, 0.25) is 0 Å². The lowest BCUT2D eigenvalue weighted by atomic mass is 10.2. The highest BCUT2D eigenvalue weighted by molar-refractivity contribution is 5.77. The van der Waals surface area contributed by atoms with E-state index in [1.54, 1.807) is 19.2 Å². The number of anilines is 1. The van der Waals surface area contributed by atoms with Crippen LogP contribution in [-0.4, -0.2) is 30.2 Å². The Kier molecular flexibility index (Phi) is 5.48. The molecule has 1 amide bonds. The second kappa shape index (κ2) is 8.15. The van der Waals surface area contributed by atoms with Crippen LogP contribution in [-0.2, 0) is 11.2 Å². The number of hydrogen-bond acceptors (Lipinski definition) is 6. The molecule has 1 aromatic heterocycles. The number of hydrazine groups is 1. The standard InChI is InChI=1S/C19H20N4O3/c1-23(15-6-4-3-5-7-15)21-17(24)12-13-18-20-19(22-26-18)14-8-10-16(25-2)11-9-14/h3-11H,12-13H2,1-2H3,(H,21,24). The lowest BCUT2D eigenvalue weighted by Crippen LogP contribution is -2.39. The lowest BCUT2D eigenvalue weighted by Gasteiger charge is -2.19. The highest BCUT2D eigenvalue weighted by Gasteiger charge is 2.12. The van der Waals surface area contributed by atoms with Crippen molar-refractivity contribution < 1.29 is 14.1 Å². The van der Waals surface area contributed by atoms with Crippen molar-refractivity contribution in [2.24, 2.45) is 0 Å². The van der Waals surface area contributed by atoms with Crippen LogP contribution in [0.5, 0.6) is 5.75 Å². The third kappa shape index (κ3) is 4.38. The van der Waals surface area contributed by atoms with E-state index in [-0.39, 0.29) is 12.3 Å². The number of aromatic nitrogens is 2. The number of nitrogens with zero attached hydrogens (tertiary/aromatic N) is 3. The zero-order valence-electron chi connectivity index (χ0n) is 14.7. The topological polar surface area (TPSA) is 80.5 Å². The molecule has 1 heterocycles. The van der Waals surface area contributed by atoms with Gasteiger partial charge in [0, 0.05) is 25.5 Å². The average molecular weight is 352 g/mol. The minimum atomic E-state index is -0.124. The van der Waals surface area contributed by atoms with Crippen LogP contribution in [0.1, 0.15) is 12.3 Å². The first kappa shape index (κ1) is 17.5. The molecule has 26 heavy (non-hydrogen) atoms. The molecule has 134 valence electrons. The van der Waals surface area contributed by atoms with Gasteiger partial charge in [0.2, 0.25) is 17.6 Å². The van der Waals surface area contributed by atoms with E-state index in [0.29, 0.717) is 18.1 Å². The summed E-state index contributed by atoms with van der Waals surface area (Å²) in [4.78, 5) is 16.4. The number of ether oxygens (including phenoxy) is 1. The van der Waals surface area contributed by atoms with Gasteiger partial charge in [-0.25, -0.2) is 0 Å². The molecule has 0 unspecified atom stereocenters. The number of para-hydroxylation sites is 1. The lowest BCUT2D eigenvalue weighted by molar-refractivity contribution is -0.121. The Morgan fingerprint density at radius 3 is 2.58 bits per heavy atom. The number of carbonyl (C=O) groups excluding carboxylic acids is 1. The molecule has 7 heteroatoms. The van der Waals surface area contributed by atoms with Crippen LogP contribution in [0, 0.1) is 0 Å². The quantitative estimate of drug-likeness (QED) is 0.659. The fourth-order valence-corrected chi connectivity index (χ4v) is 2.39. The predicted molar refractivity (Wildman–Crippen MR) is 97.6 cm³/mol. The molecule has 0 bridgehead atoms. The van der Waals surface area contributed by atoms with Crippen molar-refractivity contribution in [2.45, 2.75) is 12.8 Å². The molecule has 0 saturated heterocycles. The summed E-state index contributed by atoms with van der Waals surface area (Å²) in [7, 11) is 3.41. The minimum Gasteiger partial charge on any atom is -0.497 e. The number of hydrogen-bond donors (Lipinski definition) is 1. The molecule has 3 aromatic rings. The van der Waals surface area contributed by atoms with Crippen LogP contribution in [0.4, 0.5) is 5.69 Å². The van der Waals surface area contributed by atoms with E-state index < -0.39 is 0 Å². The maximum atomic E-state index is 12.1. The van der Waals surface area contributed by atoms with Gasteiger partial charge in [0.15, 0.2) is 0 Å². The third-order valence-electron chi connectivity index (χ3n) is 3.82. The number of amides is 1. The number of rotatable bonds is 7. The Morgan fingerprint density at radius 1 is 1.15 bits per heavy atom. The monoisotopic (exact) mass is 352 g/mol. The number of methoxy groups -OCH3 is 1. The van der Waals surface area contributed by atoms with Crippen molar-refractivity contribution >= 4 is 11.6 Å². The number of benzene rings is 2. The van der Waals surface area contributed by atoms with Gasteiger partial charge in [0.25, 0.3) is 0 Å². The maximum Gasteiger partial charge on any atom is 0.239 e. The fourth-order valence-electron chi connectivity index (χ4n) is 2.39. The van der Waals surface area contributed by atoms with Crippen LogP contribution in [0.15, 0.2) is 59.1 Å². The second-order valence-electron chi connectivity index (χ2n) is 5.67. The van der Waals surface area contributed by atoms with Crippen molar-refractivity contribution in [3.63, 3.8) is 0 Å². The smallest absolute Gasteiger partial charge is 0.239 e. The summed E-state index contributed by atoms with van der Waals surface area (Å²) in [6.45, 7) is 0. The van der Waals surface area contributed by atoms with Gasteiger partial charge >= 0.3 is 0 Å². The molecule has 0 saturated carbocycles. The summed E-state index contributed by atoms with van der Waals surface area (Å²) in [5, 5.41) is 5.64. The summed E-state index contributed by atoms with van der Waals surface area (Å²) in [5.74, 6) is 1.55. The Morgan fingerprint density at radius 2 is 1.88 bits per heavy atom. The minimum absolute atomic E-state index is 0.124. The van der Waals surface area contributed by atoms with Crippen molar-refractivity contribution in [2.75, 3.05) is 19.2 Å². The van der Waals surface area contributed by atoms with Gasteiger partial charge in [0.05, 0.1) is 12.8 Å². The molecule has 3 rings (SSSR count). The van der Waals surface area contributed by atoms with Crippen molar-refractivity contribution in [1.29, 1.82) is 0 Å². The molecule has 2 aromatic carbocycles. The molecule has 0 aliphatic heterocycles. The third-order valence-corrected chi connectivity index (χ3v) is 3.82. The van der Waals surface area contributed by atoms with Gasteiger partial charge in [-0.15, -0.1) is 0 Å². The second-order valence-corrected chi connectivity index (χ2v) is 5.67. The molecule has 1 N–H and O–H groups in total. The van der Waals surface area contributed by atoms with Crippen LogP contribution in [0.3, 0.4) is 0 Å². The van der Waals surface area contributed by atoms with E-state index in [4.69, 9.17) is 9.26 Å². The average Bonchev–Trinajstić information content (AvgIpc) is 3.16. The van der Waals surface area contributed by atoms with Crippen molar-refractivity contribution in [3.8, 4) is 17.1 Å². The number of aryl methyl sites for hydroxylation is 1. The Labute approximate surface area is 151 Å². The summed E-state index contributed by atoms with van der Waals surface area (Å²) in [6.07, 6.45) is 0.624. The number of nitrogens with one attached hydrogen (secondary N) is 1. The first-order valence-corrected chi connectivity index (χ1v) is 8.21. The summed E-state index contributed by atoms with van der Waals surface area (Å²) in [5.41, 5.74) is 4.54. The molecule has 0 spiro atoms. The Bertz CT molecular complexity index is 847. The van der Waals surface area contributed by atoms with Crippen molar-refractivity contribution in [3.05, 3.63) is 60.5 Å². The normalized spacial score (nSPS) is 10.4. The SMILES string of the molecule is COc1ccc(-c2noc(CCC(=O)NN(C)c3ccccc3)n2)cc1. The molecule has 0 radical (unpaired) electrons. The van der Waals surface area contributed by atoms with Crippen LogP contribution < -0.4 is 15.2 Å². The molecule has 0 atom stereocenters. The van der Waals surface area contributed by atoms with Gasteiger partial charge in [-0.1, -0.05) is 23.4 Å². The molecule has 0 aliphatic rings. The molecule has 7 nitrogen and oxygen atoms in total. The van der Waals surface area contributed by atoms with E-state index >= 15 is 0 Å². The summed E-state index contributed by atoms with van der Waals surface area (Å²) in [6, 6.07) is 17.0. The van der Waals surface area contributed by atoms with Gasteiger partial charge < -0.3 is 9.26 Å². The van der Waals surface area contributed by atoms with E-state index in [0.717, 1.165) is 17.0 Å². The Balaban J connectivity index is 1.53. The summed E-state index contributed by atoms with van der Waals surface area (Å²) < 4.78 is 10.4. The molecular formula is C19H20N4O3. The largest absolute Gasteiger partial charge is 0.497 e. The highest BCUT2D eigenvalue weighted by atomic mass is 16.5. The van der Waals surface area contributed by atoms with Gasteiger partial charge in [-0.05, 0) is 36.4 Å². The van der Waals surface area contributed by atoms with E-state index in [2.05, 4.69) is 15.6 Å². The maximum absolute atomic E-state index is 12.1. The first-order valence-electron chi connectivity index (χ1n) is 8.21. The predicted octanol–water partition coefficient (Wildman–Crippen LogP) is 2.85. The van der Waals surface area contributed by atoms with Gasteiger partial charge in [0.1, 0.15) is 5.75 Å². The van der Waals surface area contributed by atoms with Crippen LogP contribution >= 0.6 is 0 Å². The molecule has 0 aliphatic carbocycles. The molecular weight excluding hydrogens is 332 g/mol. The van der Waals surface area contributed by atoms with E-state index in [1.807, 2.05) is 54.6 Å². The van der Waals surface area contributed by atoms with Crippen molar-refractivity contribution in [1.82, 2.24) is 15.6 Å². The highest BCUT2D eigenvalue weighted by Crippen LogP contribution is 2.20.